The summed E-state index contributed by atoms with van der Waals surface area (Å²) in [4.78, 5) is 3.95. The van der Waals surface area contributed by atoms with Crippen LogP contribution in [0.3, 0.4) is 0 Å². The van der Waals surface area contributed by atoms with Crippen LogP contribution in [0.4, 0.5) is 4.39 Å². The Labute approximate surface area is 71.4 Å². The number of rotatable bonds is 3. The van der Waals surface area contributed by atoms with E-state index in [1.807, 2.05) is 13.8 Å². The van der Waals surface area contributed by atoms with E-state index < -0.39 is 6.86 Å². The molecule has 0 bridgehead atoms. The summed E-state index contributed by atoms with van der Waals surface area (Å²) in [6, 6.07) is 1.68. The average molecular weight is 169 g/mol. The lowest BCUT2D eigenvalue weighted by molar-refractivity contribution is 0.189. The van der Waals surface area contributed by atoms with Crippen molar-refractivity contribution in [2.75, 3.05) is 6.86 Å². The second kappa shape index (κ2) is 4.04. The first-order chi connectivity index (χ1) is 5.75. The Morgan fingerprint density at radius 1 is 1.58 bits per heavy atom. The molecule has 1 rings (SSSR count). The third-order valence-electron chi connectivity index (χ3n) is 1.64. The number of nitrogens with zero attached hydrogens (tertiary/aromatic N) is 1. The molecule has 1 aromatic rings. The summed E-state index contributed by atoms with van der Waals surface area (Å²) in [5.41, 5.74) is 0.940. The van der Waals surface area contributed by atoms with Crippen LogP contribution in [-0.2, 0) is 0 Å². The standard InChI is InChI=1S/C9H12FNO/c1-7(2)8-5-11-4-3-9(8)12-6-10/h3-5,7H,6H2,1-2H3. The zero-order chi connectivity index (χ0) is 8.97. The van der Waals surface area contributed by atoms with Crippen LogP contribution in [0.5, 0.6) is 5.75 Å². The molecule has 0 aliphatic carbocycles. The van der Waals surface area contributed by atoms with Crippen molar-refractivity contribution in [2.45, 2.75) is 19.8 Å². The van der Waals surface area contributed by atoms with Gasteiger partial charge in [0, 0.05) is 18.0 Å². The van der Waals surface area contributed by atoms with Gasteiger partial charge in [-0.1, -0.05) is 13.8 Å². The fourth-order valence-electron chi connectivity index (χ4n) is 1.02. The molecule has 1 heterocycles. The maximum absolute atomic E-state index is 11.9. The van der Waals surface area contributed by atoms with Crippen LogP contribution < -0.4 is 4.74 Å². The number of pyridine rings is 1. The summed E-state index contributed by atoms with van der Waals surface area (Å²) in [6.07, 6.45) is 3.30. The highest BCUT2D eigenvalue weighted by Crippen LogP contribution is 2.24. The summed E-state index contributed by atoms with van der Waals surface area (Å²) in [5.74, 6) is 0.891. The van der Waals surface area contributed by atoms with E-state index >= 15 is 0 Å². The monoisotopic (exact) mass is 169 g/mol. The summed E-state index contributed by atoms with van der Waals surface area (Å²) in [7, 11) is 0. The molecule has 0 saturated carbocycles. The smallest absolute Gasteiger partial charge is 0.228 e. The fourth-order valence-corrected chi connectivity index (χ4v) is 1.02. The number of halogens is 1. The van der Waals surface area contributed by atoms with Crippen LogP contribution in [0.25, 0.3) is 0 Å². The molecule has 0 fully saturated rings. The normalized spacial score (nSPS) is 10.3. The lowest BCUT2D eigenvalue weighted by Crippen LogP contribution is -1.97. The summed E-state index contributed by atoms with van der Waals surface area (Å²) < 4.78 is 16.7. The van der Waals surface area contributed by atoms with Crippen molar-refractivity contribution in [2.24, 2.45) is 0 Å². The molecule has 0 aliphatic rings. The highest BCUT2D eigenvalue weighted by Gasteiger charge is 2.06. The van der Waals surface area contributed by atoms with Gasteiger partial charge in [0.1, 0.15) is 5.75 Å². The lowest BCUT2D eigenvalue weighted by atomic mass is 10.1. The molecule has 66 valence electrons. The maximum Gasteiger partial charge on any atom is 0.228 e. The minimum atomic E-state index is -0.788. The van der Waals surface area contributed by atoms with E-state index in [9.17, 15) is 4.39 Å². The van der Waals surface area contributed by atoms with Gasteiger partial charge in [0.05, 0.1) is 0 Å². The number of ether oxygens (including phenoxy) is 1. The fraction of sp³-hybridized carbons (Fsp3) is 0.444. The second-order valence-corrected chi connectivity index (χ2v) is 2.82. The molecular weight excluding hydrogens is 157 g/mol. The topological polar surface area (TPSA) is 22.1 Å². The highest BCUT2D eigenvalue weighted by molar-refractivity contribution is 5.32. The lowest BCUT2D eigenvalue weighted by Gasteiger charge is -2.10. The van der Waals surface area contributed by atoms with Crippen molar-refractivity contribution < 1.29 is 9.13 Å². The average Bonchev–Trinajstić information content (AvgIpc) is 2.05. The van der Waals surface area contributed by atoms with Crippen molar-refractivity contribution in [1.29, 1.82) is 0 Å². The largest absolute Gasteiger partial charge is 0.463 e. The third-order valence-corrected chi connectivity index (χ3v) is 1.64. The van der Waals surface area contributed by atoms with Gasteiger partial charge >= 0.3 is 0 Å². The molecule has 2 nitrogen and oxygen atoms in total. The Kier molecular flexibility index (Phi) is 3.02. The van der Waals surface area contributed by atoms with E-state index in [2.05, 4.69) is 4.98 Å². The third kappa shape index (κ3) is 1.94. The molecule has 0 N–H and O–H groups in total. The van der Waals surface area contributed by atoms with Crippen LogP contribution in [0, 0.1) is 0 Å². The summed E-state index contributed by atoms with van der Waals surface area (Å²) in [6.45, 7) is 3.24. The van der Waals surface area contributed by atoms with E-state index in [1.54, 1.807) is 18.5 Å². The van der Waals surface area contributed by atoms with Crippen LogP contribution in [-0.4, -0.2) is 11.8 Å². The van der Waals surface area contributed by atoms with Gasteiger partial charge < -0.3 is 4.74 Å². The first-order valence-electron chi connectivity index (χ1n) is 3.88. The second-order valence-electron chi connectivity index (χ2n) is 2.82. The van der Waals surface area contributed by atoms with Crippen molar-refractivity contribution in [3.05, 3.63) is 24.0 Å². The Balaban J connectivity index is 2.92. The molecule has 0 atom stereocenters. The Morgan fingerprint density at radius 3 is 2.92 bits per heavy atom. The zero-order valence-corrected chi connectivity index (χ0v) is 7.25. The van der Waals surface area contributed by atoms with Gasteiger partial charge in [-0.15, -0.1) is 0 Å². The first kappa shape index (κ1) is 8.97. The zero-order valence-electron chi connectivity index (χ0n) is 7.25. The van der Waals surface area contributed by atoms with Gasteiger partial charge in [0.25, 0.3) is 0 Å². The minimum Gasteiger partial charge on any atom is -0.463 e. The molecular formula is C9H12FNO. The Morgan fingerprint density at radius 2 is 2.33 bits per heavy atom. The molecule has 0 aromatic carbocycles. The molecule has 0 saturated heterocycles. The van der Waals surface area contributed by atoms with E-state index in [0.717, 1.165) is 5.56 Å². The van der Waals surface area contributed by atoms with Gasteiger partial charge in [0.15, 0.2) is 0 Å². The van der Waals surface area contributed by atoms with Crippen molar-refractivity contribution >= 4 is 0 Å². The van der Waals surface area contributed by atoms with E-state index in [1.165, 1.54) is 0 Å². The first-order valence-corrected chi connectivity index (χ1v) is 3.88. The van der Waals surface area contributed by atoms with Gasteiger partial charge in [-0.3, -0.25) is 4.98 Å². The number of alkyl halides is 1. The van der Waals surface area contributed by atoms with Gasteiger partial charge in [-0.25, -0.2) is 4.39 Å². The Bertz CT molecular complexity index is 250. The molecule has 1 aromatic heterocycles. The van der Waals surface area contributed by atoms with Crippen molar-refractivity contribution in [3.8, 4) is 5.75 Å². The van der Waals surface area contributed by atoms with Crippen molar-refractivity contribution in [1.82, 2.24) is 4.98 Å². The molecule has 0 unspecified atom stereocenters. The predicted molar refractivity (Wildman–Crippen MR) is 44.9 cm³/mol. The molecule has 12 heavy (non-hydrogen) atoms. The molecule has 0 amide bonds. The number of hydrogen-bond acceptors (Lipinski definition) is 2. The molecule has 0 radical (unpaired) electrons. The van der Waals surface area contributed by atoms with Gasteiger partial charge in [-0.05, 0) is 12.0 Å². The highest BCUT2D eigenvalue weighted by atomic mass is 19.1. The summed E-state index contributed by atoms with van der Waals surface area (Å²) in [5, 5.41) is 0. The van der Waals surface area contributed by atoms with Crippen LogP contribution in [0.1, 0.15) is 25.3 Å². The number of aromatic nitrogens is 1. The quantitative estimate of drug-likeness (QED) is 0.693. The van der Waals surface area contributed by atoms with E-state index in [4.69, 9.17) is 4.74 Å². The number of hydrogen-bond donors (Lipinski definition) is 0. The van der Waals surface area contributed by atoms with Crippen LogP contribution in [0.15, 0.2) is 18.5 Å². The molecule has 0 spiro atoms. The van der Waals surface area contributed by atoms with Crippen LogP contribution >= 0.6 is 0 Å². The van der Waals surface area contributed by atoms with Gasteiger partial charge in [-0.2, -0.15) is 0 Å². The van der Waals surface area contributed by atoms with E-state index in [-0.39, 0.29) is 0 Å². The maximum atomic E-state index is 11.9. The molecule has 3 heteroatoms. The molecule has 0 aliphatic heterocycles. The Hall–Kier alpha value is -1.12. The van der Waals surface area contributed by atoms with Crippen LogP contribution in [0.2, 0.25) is 0 Å². The predicted octanol–water partition coefficient (Wildman–Crippen LogP) is 2.51. The minimum absolute atomic E-state index is 0.306. The van der Waals surface area contributed by atoms with Gasteiger partial charge in [0.2, 0.25) is 6.86 Å². The summed E-state index contributed by atoms with van der Waals surface area (Å²) >= 11 is 0. The SMILES string of the molecule is CC(C)c1cnccc1OCF. The van der Waals surface area contributed by atoms with E-state index in [0.29, 0.717) is 11.7 Å². The van der Waals surface area contributed by atoms with Crippen molar-refractivity contribution in [3.63, 3.8) is 0 Å².